The third-order valence-electron chi connectivity index (χ3n) is 3.21. The zero-order valence-corrected chi connectivity index (χ0v) is 11.0. The van der Waals surface area contributed by atoms with Gasteiger partial charge in [0, 0.05) is 6.61 Å². The number of aromatic carboxylic acids is 1. The Bertz CT molecular complexity index is 421. The van der Waals surface area contributed by atoms with E-state index >= 15 is 0 Å². The molecule has 94 valence electrons. The number of aryl methyl sites for hydroxylation is 1. The first-order valence-corrected chi connectivity index (χ1v) is 6.76. The molecule has 1 fully saturated rings. The van der Waals surface area contributed by atoms with E-state index < -0.39 is 5.97 Å². The Balaban J connectivity index is 2.37. The number of nitrogens with zero attached hydrogens (tertiary/aromatic N) is 1. The molecule has 1 aliphatic carbocycles. The summed E-state index contributed by atoms with van der Waals surface area (Å²) >= 11 is 1.27. The Morgan fingerprint density at radius 2 is 2.18 bits per heavy atom. The van der Waals surface area contributed by atoms with E-state index in [2.05, 4.69) is 4.98 Å². The fourth-order valence-electron chi connectivity index (χ4n) is 2.43. The van der Waals surface area contributed by atoms with Crippen LogP contribution in [0.15, 0.2) is 0 Å². The zero-order chi connectivity index (χ0) is 12.5. The summed E-state index contributed by atoms with van der Waals surface area (Å²) in [5.74, 6) is -0.893. The highest BCUT2D eigenvalue weighted by atomic mass is 32.1. The molecular weight excluding hydrogens is 238 g/mol. The smallest absolute Gasteiger partial charge is 0.347 e. The molecule has 1 aromatic rings. The van der Waals surface area contributed by atoms with Crippen LogP contribution in [0.5, 0.6) is 0 Å². The van der Waals surface area contributed by atoms with Crippen LogP contribution in [0.1, 0.15) is 53.0 Å². The lowest BCUT2D eigenvalue weighted by Crippen LogP contribution is -2.25. The summed E-state index contributed by atoms with van der Waals surface area (Å²) in [5.41, 5.74) is 0.279. The minimum atomic E-state index is -0.893. The predicted octanol–water partition coefficient (Wildman–Crippen LogP) is 2.96. The van der Waals surface area contributed by atoms with E-state index in [-0.39, 0.29) is 5.60 Å². The number of hydrogen-bond donors (Lipinski definition) is 1. The van der Waals surface area contributed by atoms with Crippen molar-refractivity contribution in [3.05, 3.63) is 15.6 Å². The molecule has 0 radical (unpaired) electrons. The highest BCUT2D eigenvalue weighted by molar-refractivity contribution is 7.13. The third-order valence-corrected chi connectivity index (χ3v) is 4.54. The first-order valence-electron chi connectivity index (χ1n) is 5.94. The van der Waals surface area contributed by atoms with E-state index in [0.717, 1.165) is 30.7 Å². The maximum Gasteiger partial charge on any atom is 0.347 e. The first-order chi connectivity index (χ1) is 8.09. The van der Waals surface area contributed by atoms with Gasteiger partial charge in [0.05, 0.1) is 5.69 Å². The molecule has 0 atom stereocenters. The number of carbonyl (C=O) groups is 1. The van der Waals surface area contributed by atoms with E-state index in [1.54, 1.807) is 6.92 Å². The molecule has 4 nitrogen and oxygen atoms in total. The fourth-order valence-corrected chi connectivity index (χ4v) is 3.54. The highest BCUT2D eigenvalue weighted by Crippen LogP contribution is 2.44. The van der Waals surface area contributed by atoms with Crippen molar-refractivity contribution in [2.45, 2.75) is 45.1 Å². The van der Waals surface area contributed by atoms with Crippen LogP contribution >= 0.6 is 11.3 Å². The first kappa shape index (κ1) is 12.5. The van der Waals surface area contributed by atoms with Gasteiger partial charge in [0.1, 0.15) is 15.5 Å². The number of hydrogen-bond acceptors (Lipinski definition) is 4. The van der Waals surface area contributed by atoms with Crippen molar-refractivity contribution in [1.29, 1.82) is 0 Å². The van der Waals surface area contributed by atoms with Crippen LogP contribution in [0.25, 0.3) is 0 Å². The van der Waals surface area contributed by atoms with Crippen LogP contribution in [0.2, 0.25) is 0 Å². The van der Waals surface area contributed by atoms with Gasteiger partial charge in [-0.25, -0.2) is 9.78 Å². The van der Waals surface area contributed by atoms with Crippen LogP contribution in [0.3, 0.4) is 0 Å². The van der Waals surface area contributed by atoms with Crippen molar-refractivity contribution in [2.75, 3.05) is 6.61 Å². The van der Waals surface area contributed by atoms with Crippen LogP contribution < -0.4 is 0 Å². The Hall–Kier alpha value is -0.940. The second kappa shape index (κ2) is 4.74. The van der Waals surface area contributed by atoms with Crippen molar-refractivity contribution >= 4 is 17.3 Å². The number of aromatic nitrogens is 1. The molecule has 1 aromatic heterocycles. The Labute approximate surface area is 105 Å². The minimum absolute atomic E-state index is 0.322. The van der Waals surface area contributed by atoms with Gasteiger partial charge in [0.25, 0.3) is 0 Å². The number of carboxylic acids is 1. The molecule has 17 heavy (non-hydrogen) atoms. The van der Waals surface area contributed by atoms with Crippen LogP contribution in [-0.4, -0.2) is 22.7 Å². The van der Waals surface area contributed by atoms with E-state index in [0.29, 0.717) is 17.2 Å². The van der Waals surface area contributed by atoms with Crippen molar-refractivity contribution in [1.82, 2.24) is 4.98 Å². The molecule has 1 aliphatic rings. The van der Waals surface area contributed by atoms with E-state index in [9.17, 15) is 4.79 Å². The Morgan fingerprint density at radius 3 is 2.65 bits per heavy atom. The van der Waals surface area contributed by atoms with E-state index in [4.69, 9.17) is 9.84 Å². The van der Waals surface area contributed by atoms with Gasteiger partial charge in [-0.1, -0.05) is 12.8 Å². The normalized spacial score (nSPS) is 18.5. The summed E-state index contributed by atoms with van der Waals surface area (Å²) in [4.78, 5) is 15.8. The molecule has 0 bridgehead atoms. The maximum atomic E-state index is 11.0. The molecule has 5 heteroatoms. The molecular formula is C12H17NO3S. The van der Waals surface area contributed by atoms with Crippen molar-refractivity contribution in [3.63, 3.8) is 0 Å². The van der Waals surface area contributed by atoms with Crippen LogP contribution in [0, 0.1) is 6.92 Å². The summed E-state index contributed by atoms with van der Waals surface area (Å²) in [6.07, 6.45) is 4.15. The average molecular weight is 255 g/mol. The number of thiazole rings is 1. The monoisotopic (exact) mass is 255 g/mol. The summed E-state index contributed by atoms with van der Waals surface area (Å²) in [6, 6.07) is 0. The van der Waals surface area contributed by atoms with Gasteiger partial charge in [-0.15, -0.1) is 11.3 Å². The van der Waals surface area contributed by atoms with Gasteiger partial charge in [0.15, 0.2) is 0 Å². The SMILES string of the molecule is CCOC1(c2nc(C)c(C(=O)O)s2)CCCC1. The van der Waals surface area contributed by atoms with Gasteiger partial charge in [-0.3, -0.25) is 0 Å². The molecule has 1 saturated carbocycles. The second-order valence-electron chi connectivity index (χ2n) is 4.37. The van der Waals surface area contributed by atoms with Gasteiger partial charge in [0.2, 0.25) is 0 Å². The molecule has 1 N–H and O–H groups in total. The predicted molar refractivity (Wildman–Crippen MR) is 65.6 cm³/mol. The Kier molecular flexibility index (Phi) is 3.49. The Morgan fingerprint density at radius 1 is 1.53 bits per heavy atom. The largest absolute Gasteiger partial charge is 0.477 e. The minimum Gasteiger partial charge on any atom is -0.477 e. The van der Waals surface area contributed by atoms with Gasteiger partial charge < -0.3 is 9.84 Å². The maximum absolute atomic E-state index is 11.0. The van der Waals surface area contributed by atoms with E-state index in [1.807, 2.05) is 6.92 Å². The topological polar surface area (TPSA) is 59.4 Å². The van der Waals surface area contributed by atoms with Crippen LogP contribution in [0.4, 0.5) is 0 Å². The molecule has 0 aliphatic heterocycles. The zero-order valence-electron chi connectivity index (χ0n) is 10.2. The molecule has 0 unspecified atom stereocenters. The summed E-state index contributed by atoms with van der Waals surface area (Å²) in [6.45, 7) is 4.36. The molecule has 1 heterocycles. The van der Waals surface area contributed by atoms with Gasteiger partial charge >= 0.3 is 5.97 Å². The van der Waals surface area contributed by atoms with Crippen molar-refractivity contribution < 1.29 is 14.6 Å². The standard InChI is InChI=1S/C12H17NO3S/c1-3-16-12(6-4-5-7-12)11-13-8(2)9(17-11)10(14)15/h3-7H2,1-2H3,(H,14,15). The number of carboxylic acid groups (broad SMARTS) is 1. The lowest BCUT2D eigenvalue weighted by Gasteiger charge is -2.26. The van der Waals surface area contributed by atoms with Crippen molar-refractivity contribution in [2.24, 2.45) is 0 Å². The molecule has 0 amide bonds. The van der Waals surface area contributed by atoms with Crippen molar-refractivity contribution in [3.8, 4) is 0 Å². The summed E-state index contributed by atoms with van der Waals surface area (Å²) < 4.78 is 5.88. The number of ether oxygens (including phenoxy) is 1. The summed E-state index contributed by atoms with van der Waals surface area (Å²) in [7, 11) is 0. The molecule has 0 aromatic carbocycles. The van der Waals surface area contributed by atoms with Gasteiger partial charge in [-0.2, -0.15) is 0 Å². The third kappa shape index (κ3) is 2.21. The van der Waals surface area contributed by atoms with E-state index in [1.165, 1.54) is 11.3 Å². The lowest BCUT2D eigenvalue weighted by atomic mass is 10.0. The fraction of sp³-hybridized carbons (Fsp3) is 0.667. The second-order valence-corrected chi connectivity index (χ2v) is 5.37. The number of rotatable bonds is 4. The summed E-state index contributed by atoms with van der Waals surface area (Å²) in [5, 5.41) is 9.90. The highest BCUT2D eigenvalue weighted by Gasteiger charge is 2.40. The quantitative estimate of drug-likeness (QED) is 0.898. The lowest BCUT2D eigenvalue weighted by molar-refractivity contribution is -0.0391. The molecule has 0 spiro atoms. The molecule has 0 saturated heterocycles. The van der Waals surface area contributed by atoms with Gasteiger partial charge in [-0.05, 0) is 26.7 Å². The average Bonchev–Trinajstić information content (AvgIpc) is 2.86. The molecule has 2 rings (SSSR count). The van der Waals surface area contributed by atoms with Crippen LogP contribution in [-0.2, 0) is 10.3 Å².